The lowest BCUT2D eigenvalue weighted by atomic mass is 10.3. The van der Waals surface area contributed by atoms with Crippen LogP contribution < -0.4 is 20.7 Å². The fourth-order valence-electron chi connectivity index (χ4n) is 1.62. The summed E-state index contributed by atoms with van der Waals surface area (Å²) in [5.41, 5.74) is 2.00. The number of benzene rings is 1. The van der Waals surface area contributed by atoms with Crippen molar-refractivity contribution in [3.8, 4) is 11.5 Å². The largest absolute Gasteiger partial charge is 0.494 e. The van der Waals surface area contributed by atoms with Crippen molar-refractivity contribution in [1.82, 2.24) is 5.43 Å². The fourth-order valence-corrected chi connectivity index (χ4v) is 1.62. The van der Waals surface area contributed by atoms with Gasteiger partial charge in [-0.25, -0.2) is 5.84 Å². The van der Waals surface area contributed by atoms with Gasteiger partial charge in [0.15, 0.2) is 5.76 Å². The molecule has 2 rings (SSSR count). The lowest BCUT2D eigenvalue weighted by Gasteiger charge is -2.07. The van der Waals surface area contributed by atoms with Crippen LogP contribution in [0.1, 0.15) is 23.2 Å². The first-order chi connectivity index (χ1) is 9.72. The SMILES string of the molecule is CCOc1cccc(OCc2ccc(C(=O)NN)o2)c1. The van der Waals surface area contributed by atoms with Gasteiger partial charge >= 0.3 is 5.91 Å². The summed E-state index contributed by atoms with van der Waals surface area (Å²) in [6.45, 7) is 2.73. The predicted molar refractivity (Wildman–Crippen MR) is 72.3 cm³/mol. The molecule has 0 aliphatic rings. The average molecular weight is 276 g/mol. The van der Waals surface area contributed by atoms with Crippen molar-refractivity contribution >= 4 is 5.91 Å². The van der Waals surface area contributed by atoms with Crippen LogP contribution in [0.3, 0.4) is 0 Å². The highest BCUT2D eigenvalue weighted by molar-refractivity contribution is 5.90. The van der Waals surface area contributed by atoms with Gasteiger partial charge in [-0.05, 0) is 31.2 Å². The van der Waals surface area contributed by atoms with Crippen LogP contribution in [0.4, 0.5) is 0 Å². The number of amides is 1. The highest BCUT2D eigenvalue weighted by atomic mass is 16.5. The molecule has 0 radical (unpaired) electrons. The maximum Gasteiger partial charge on any atom is 0.300 e. The molecule has 1 aromatic heterocycles. The molecule has 1 amide bonds. The molecular weight excluding hydrogens is 260 g/mol. The molecule has 1 heterocycles. The number of nitrogens with one attached hydrogen (secondary N) is 1. The van der Waals surface area contributed by atoms with Crippen LogP contribution in [-0.4, -0.2) is 12.5 Å². The smallest absolute Gasteiger partial charge is 0.300 e. The average Bonchev–Trinajstić information content (AvgIpc) is 2.94. The first-order valence-corrected chi connectivity index (χ1v) is 6.18. The molecule has 0 fully saturated rings. The van der Waals surface area contributed by atoms with Crippen LogP contribution >= 0.6 is 0 Å². The van der Waals surface area contributed by atoms with Crippen LogP contribution in [0, 0.1) is 0 Å². The van der Waals surface area contributed by atoms with Crippen LogP contribution in [-0.2, 0) is 6.61 Å². The molecule has 0 aliphatic heterocycles. The third kappa shape index (κ3) is 3.52. The van der Waals surface area contributed by atoms with E-state index in [1.165, 1.54) is 6.07 Å². The van der Waals surface area contributed by atoms with Crippen molar-refractivity contribution in [3.63, 3.8) is 0 Å². The van der Waals surface area contributed by atoms with Crippen molar-refractivity contribution in [2.45, 2.75) is 13.5 Å². The molecule has 0 saturated heterocycles. The molecular formula is C14H16N2O4. The Morgan fingerprint density at radius 1 is 1.25 bits per heavy atom. The fraction of sp³-hybridized carbons (Fsp3) is 0.214. The summed E-state index contributed by atoms with van der Waals surface area (Å²) in [4.78, 5) is 11.2. The van der Waals surface area contributed by atoms with E-state index in [1.54, 1.807) is 12.1 Å². The molecule has 1 aromatic carbocycles. The lowest BCUT2D eigenvalue weighted by Crippen LogP contribution is -2.29. The van der Waals surface area contributed by atoms with Gasteiger partial charge in [-0.1, -0.05) is 6.07 Å². The van der Waals surface area contributed by atoms with Crippen molar-refractivity contribution in [2.75, 3.05) is 6.61 Å². The zero-order chi connectivity index (χ0) is 14.4. The number of carbonyl (C=O) groups excluding carboxylic acids is 1. The third-order valence-electron chi connectivity index (χ3n) is 2.51. The van der Waals surface area contributed by atoms with Gasteiger partial charge in [0, 0.05) is 6.07 Å². The Labute approximate surface area is 116 Å². The van der Waals surface area contributed by atoms with Gasteiger partial charge in [-0.3, -0.25) is 10.2 Å². The molecule has 0 spiro atoms. The number of rotatable bonds is 6. The van der Waals surface area contributed by atoms with Gasteiger partial charge in [-0.2, -0.15) is 0 Å². The summed E-state index contributed by atoms with van der Waals surface area (Å²) in [7, 11) is 0. The molecule has 0 bridgehead atoms. The molecule has 106 valence electrons. The normalized spacial score (nSPS) is 10.1. The Balaban J connectivity index is 1.96. The van der Waals surface area contributed by atoms with Gasteiger partial charge in [0.2, 0.25) is 0 Å². The quantitative estimate of drug-likeness (QED) is 0.478. The zero-order valence-corrected chi connectivity index (χ0v) is 11.1. The van der Waals surface area contributed by atoms with E-state index >= 15 is 0 Å². The minimum absolute atomic E-state index is 0.147. The third-order valence-corrected chi connectivity index (χ3v) is 2.51. The van der Waals surface area contributed by atoms with Gasteiger partial charge in [0.25, 0.3) is 0 Å². The Hall–Kier alpha value is -2.47. The Morgan fingerprint density at radius 3 is 2.70 bits per heavy atom. The first-order valence-electron chi connectivity index (χ1n) is 6.18. The molecule has 0 atom stereocenters. The number of carbonyl (C=O) groups is 1. The van der Waals surface area contributed by atoms with Crippen molar-refractivity contribution in [1.29, 1.82) is 0 Å². The molecule has 0 unspecified atom stereocenters. The van der Waals surface area contributed by atoms with Crippen LogP contribution in [0.25, 0.3) is 0 Å². The van der Waals surface area contributed by atoms with Crippen LogP contribution in [0.5, 0.6) is 11.5 Å². The topological polar surface area (TPSA) is 86.7 Å². The van der Waals surface area contributed by atoms with Crippen molar-refractivity contribution < 1.29 is 18.7 Å². The van der Waals surface area contributed by atoms with E-state index in [-0.39, 0.29) is 12.4 Å². The predicted octanol–water partition coefficient (Wildman–Crippen LogP) is 1.86. The molecule has 3 N–H and O–H groups in total. The standard InChI is InChI=1S/C14H16N2O4/c1-2-18-10-4-3-5-11(8-10)19-9-12-6-7-13(20-12)14(17)16-15/h3-8H,2,9,15H2,1H3,(H,16,17). The maximum absolute atomic E-state index is 11.2. The second-order valence-electron chi connectivity index (χ2n) is 3.94. The number of hydrogen-bond donors (Lipinski definition) is 2. The molecule has 2 aromatic rings. The summed E-state index contributed by atoms with van der Waals surface area (Å²) in [5, 5.41) is 0. The van der Waals surface area contributed by atoms with Crippen molar-refractivity contribution in [2.24, 2.45) is 5.84 Å². The summed E-state index contributed by atoms with van der Waals surface area (Å²) in [5.74, 6) is 6.63. The number of hydrogen-bond acceptors (Lipinski definition) is 5. The van der Waals surface area contributed by atoms with Gasteiger partial charge in [-0.15, -0.1) is 0 Å². The Morgan fingerprint density at radius 2 is 2.00 bits per heavy atom. The zero-order valence-electron chi connectivity index (χ0n) is 11.1. The minimum atomic E-state index is -0.477. The number of ether oxygens (including phenoxy) is 2. The summed E-state index contributed by atoms with van der Waals surface area (Å²) in [6.07, 6.45) is 0. The van der Waals surface area contributed by atoms with Gasteiger partial charge in [0.05, 0.1) is 6.61 Å². The summed E-state index contributed by atoms with van der Waals surface area (Å²) >= 11 is 0. The molecule has 20 heavy (non-hydrogen) atoms. The molecule has 0 saturated carbocycles. The van der Waals surface area contributed by atoms with Crippen molar-refractivity contribution in [3.05, 3.63) is 47.9 Å². The molecule has 6 nitrogen and oxygen atoms in total. The minimum Gasteiger partial charge on any atom is -0.494 e. The van der Waals surface area contributed by atoms with E-state index < -0.39 is 5.91 Å². The van der Waals surface area contributed by atoms with E-state index in [2.05, 4.69) is 0 Å². The number of hydrazine groups is 1. The van der Waals surface area contributed by atoms with E-state index in [9.17, 15) is 4.79 Å². The first kappa shape index (κ1) is 14.0. The monoisotopic (exact) mass is 276 g/mol. The van der Waals surface area contributed by atoms with E-state index in [0.29, 0.717) is 18.1 Å². The second kappa shape index (κ2) is 6.63. The van der Waals surface area contributed by atoms with E-state index in [4.69, 9.17) is 19.7 Å². The number of nitrogen functional groups attached to an aromatic ring is 1. The summed E-state index contributed by atoms with van der Waals surface area (Å²) in [6, 6.07) is 10.5. The Kier molecular flexibility index (Phi) is 4.62. The van der Waals surface area contributed by atoms with Gasteiger partial charge in [0.1, 0.15) is 23.9 Å². The second-order valence-corrected chi connectivity index (χ2v) is 3.94. The number of nitrogens with two attached hydrogens (primary N) is 1. The Bertz CT molecular complexity index is 580. The van der Waals surface area contributed by atoms with E-state index in [1.807, 2.05) is 30.5 Å². The number of furan rings is 1. The lowest BCUT2D eigenvalue weighted by molar-refractivity contribution is 0.0922. The highest BCUT2D eigenvalue weighted by Crippen LogP contribution is 2.20. The molecule has 0 aliphatic carbocycles. The van der Waals surface area contributed by atoms with Crippen LogP contribution in [0.2, 0.25) is 0 Å². The van der Waals surface area contributed by atoms with Gasteiger partial charge < -0.3 is 13.9 Å². The maximum atomic E-state index is 11.2. The highest BCUT2D eigenvalue weighted by Gasteiger charge is 2.09. The van der Waals surface area contributed by atoms with E-state index in [0.717, 1.165) is 5.75 Å². The van der Waals surface area contributed by atoms with Crippen LogP contribution in [0.15, 0.2) is 40.8 Å². The molecule has 6 heteroatoms. The summed E-state index contributed by atoms with van der Waals surface area (Å²) < 4.78 is 16.2.